The third kappa shape index (κ3) is 5.19. The molecule has 1 aromatic rings. The van der Waals surface area contributed by atoms with E-state index in [1.165, 1.54) is 11.3 Å². The molecule has 1 aromatic heterocycles. The van der Waals surface area contributed by atoms with E-state index < -0.39 is 5.97 Å². The third-order valence-corrected chi connectivity index (χ3v) is 3.61. The van der Waals surface area contributed by atoms with Crippen LogP contribution in [-0.4, -0.2) is 17.0 Å². The van der Waals surface area contributed by atoms with E-state index in [-0.39, 0.29) is 24.8 Å². The molecule has 0 aromatic carbocycles. The van der Waals surface area contributed by atoms with Crippen LogP contribution in [0.15, 0.2) is 12.1 Å². The van der Waals surface area contributed by atoms with Crippen molar-refractivity contribution in [2.75, 3.05) is 0 Å². The molecule has 2 N–H and O–H groups in total. The molecule has 0 radical (unpaired) electrons. The van der Waals surface area contributed by atoms with E-state index in [1.807, 2.05) is 13.0 Å². The second kappa shape index (κ2) is 6.61. The zero-order valence-corrected chi connectivity index (χ0v) is 11.0. The first kappa shape index (κ1) is 14.0. The van der Waals surface area contributed by atoms with Crippen LogP contribution in [0.4, 0.5) is 0 Å². The van der Waals surface area contributed by atoms with E-state index in [0.717, 1.165) is 4.88 Å². The Kier molecular flexibility index (Phi) is 5.44. The van der Waals surface area contributed by atoms with Gasteiger partial charge in [0.1, 0.15) is 0 Å². The first-order chi connectivity index (χ1) is 7.99. The van der Waals surface area contributed by atoms with Crippen LogP contribution in [0.2, 0.25) is 4.34 Å². The first-order valence-electron chi connectivity index (χ1n) is 5.25. The van der Waals surface area contributed by atoms with E-state index in [9.17, 15) is 9.59 Å². The third-order valence-electron chi connectivity index (χ3n) is 2.19. The molecule has 6 heteroatoms. The SMILES string of the molecule is CC(NC(=O)CCCC(=O)O)c1ccc(Cl)s1. The fourth-order valence-corrected chi connectivity index (χ4v) is 2.41. The minimum Gasteiger partial charge on any atom is -0.481 e. The summed E-state index contributed by atoms with van der Waals surface area (Å²) in [7, 11) is 0. The maximum Gasteiger partial charge on any atom is 0.303 e. The summed E-state index contributed by atoms with van der Waals surface area (Å²) in [5.41, 5.74) is 0. The van der Waals surface area contributed by atoms with Crippen molar-refractivity contribution in [1.82, 2.24) is 5.32 Å². The summed E-state index contributed by atoms with van der Waals surface area (Å²) < 4.78 is 0.687. The summed E-state index contributed by atoms with van der Waals surface area (Å²) in [6.07, 6.45) is 0.613. The van der Waals surface area contributed by atoms with E-state index >= 15 is 0 Å². The van der Waals surface area contributed by atoms with Crippen molar-refractivity contribution in [3.63, 3.8) is 0 Å². The molecule has 0 aliphatic heterocycles. The van der Waals surface area contributed by atoms with Crippen molar-refractivity contribution >= 4 is 34.8 Å². The van der Waals surface area contributed by atoms with Crippen molar-refractivity contribution in [3.05, 3.63) is 21.3 Å². The Bertz CT molecular complexity index is 405. The van der Waals surface area contributed by atoms with Gasteiger partial charge in [0, 0.05) is 17.7 Å². The van der Waals surface area contributed by atoms with Gasteiger partial charge in [-0.15, -0.1) is 11.3 Å². The van der Waals surface area contributed by atoms with E-state index in [0.29, 0.717) is 10.8 Å². The number of nitrogens with one attached hydrogen (secondary N) is 1. The molecule has 0 aliphatic carbocycles. The second-order valence-corrected chi connectivity index (χ2v) is 5.43. The number of amides is 1. The van der Waals surface area contributed by atoms with Gasteiger partial charge in [0.25, 0.3) is 0 Å². The maximum atomic E-state index is 11.5. The highest BCUT2D eigenvalue weighted by molar-refractivity contribution is 7.16. The van der Waals surface area contributed by atoms with Gasteiger partial charge in [-0.25, -0.2) is 0 Å². The monoisotopic (exact) mass is 275 g/mol. The number of carboxylic acids is 1. The summed E-state index contributed by atoms with van der Waals surface area (Å²) in [5.74, 6) is -1.01. The van der Waals surface area contributed by atoms with Crippen LogP contribution >= 0.6 is 22.9 Å². The summed E-state index contributed by atoms with van der Waals surface area (Å²) in [5, 5.41) is 11.2. The lowest BCUT2D eigenvalue weighted by Crippen LogP contribution is -2.25. The normalized spacial score (nSPS) is 12.1. The van der Waals surface area contributed by atoms with Gasteiger partial charge in [-0.3, -0.25) is 9.59 Å². The molecule has 0 spiro atoms. The van der Waals surface area contributed by atoms with Gasteiger partial charge in [0.15, 0.2) is 0 Å². The van der Waals surface area contributed by atoms with Gasteiger partial charge < -0.3 is 10.4 Å². The predicted molar refractivity (Wildman–Crippen MR) is 67.4 cm³/mol. The van der Waals surface area contributed by atoms with Crippen LogP contribution in [0.1, 0.15) is 37.1 Å². The maximum absolute atomic E-state index is 11.5. The van der Waals surface area contributed by atoms with E-state index in [1.54, 1.807) is 6.07 Å². The number of halogens is 1. The van der Waals surface area contributed by atoms with Gasteiger partial charge >= 0.3 is 5.97 Å². The van der Waals surface area contributed by atoms with Crippen LogP contribution in [0.25, 0.3) is 0 Å². The van der Waals surface area contributed by atoms with Crippen LogP contribution in [0.3, 0.4) is 0 Å². The topological polar surface area (TPSA) is 66.4 Å². The Morgan fingerprint density at radius 3 is 2.71 bits per heavy atom. The van der Waals surface area contributed by atoms with E-state index in [4.69, 9.17) is 16.7 Å². The highest BCUT2D eigenvalue weighted by Crippen LogP contribution is 2.26. The fourth-order valence-electron chi connectivity index (χ4n) is 1.35. The highest BCUT2D eigenvalue weighted by atomic mass is 35.5. The molecule has 4 nitrogen and oxygen atoms in total. The van der Waals surface area contributed by atoms with Crippen LogP contribution in [0, 0.1) is 0 Å². The number of carbonyl (C=O) groups excluding carboxylic acids is 1. The molecule has 1 atom stereocenters. The number of carbonyl (C=O) groups is 2. The second-order valence-electron chi connectivity index (χ2n) is 3.68. The number of carboxylic acid groups (broad SMARTS) is 1. The molecule has 1 amide bonds. The molecule has 0 saturated heterocycles. The van der Waals surface area contributed by atoms with Gasteiger partial charge in [-0.05, 0) is 25.5 Å². The number of thiophene rings is 1. The number of aliphatic carboxylic acids is 1. The Morgan fingerprint density at radius 2 is 2.18 bits per heavy atom. The zero-order valence-electron chi connectivity index (χ0n) is 9.40. The molecule has 94 valence electrons. The molecule has 0 fully saturated rings. The van der Waals surface area contributed by atoms with Crippen molar-refractivity contribution < 1.29 is 14.7 Å². The summed E-state index contributed by atoms with van der Waals surface area (Å²) in [6, 6.07) is 3.56. The Morgan fingerprint density at radius 1 is 1.47 bits per heavy atom. The summed E-state index contributed by atoms with van der Waals surface area (Å²) >= 11 is 7.22. The zero-order chi connectivity index (χ0) is 12.8. The lowest BCUT2D eigenvalue weighted by atomic mass is 10.2. The van der Waals surface area contributed by atoms with E-state index in [2.05, 4.69) is 5.32 Å². The Labute approximate surface area is 109 Å². The van der Waals surface area contributed by atoms with Crippen LogP contribution in [0.5, 0.6) is 0 Å². The van der Waals surface area contributed by atoms with Gasteiger partial charge in [-0.1, -0.05) is 11.6 Å². The lowest BCUT2D eigenvalue weighted by molar-refractivity contribution is -0.137. The minimum absolute atomic E-state index is 0.0205. The molecule has 0 aliphatic rings. The smallest absolute Gasteiger partial charge is 0.303 e. The predicted octanol–water partition coefficient (Wildman–Crippen LogP) is 2.83. The fraction of sp³-hybridized carbons (Fsp3) is 0.455. The Hall–Kier alpha value is -1.07. The van der Waals surface area contributed by atoms with Crippen molar-refractivity contribution in [2.24, 2.45) is 0 Å². The standard InChI is InChI=1S/C11H14ClNO3S/c1-7(8-5-6-9(12)17-8)13-10(14)3-2-4-11(15)16/h5-7H,2-4H2,1H3,(H,13,14)(H,15,16). The summed E-state index contributed by atoms with van der Waals surface area (Å²) in [6.45, 7) is 1.87. The lowest BCUT2D eigenvalue weighted by Gasteiger charge is -2.11. The van der Waals surface area contributed by atoms with Gasteiger partial charge in [0.05, 0.1) is 10.4 Å². The molecule has 17 heavy (non-hydrogen) atoms. The van der Waals surface area contributed by atoms with Crippen LogP contribution < -0.4 is 5.32 Å². The Balaban J connectivity index is 2.33. The molecule has 1 unspecified atom stereocenters. The highest BCUT2D eigenvalue weighted by Gasteiger charge is 2.11. The average molecular weight is 276 g/mol. The van der Waals surface area contributed by atoms with Crippen LogP contribution in [-0.2, 0) is 9.59 Å². The quantitative estimate of drug-likeness (QED) is 0.839. The minimum atomic E-state index is -0.879. The van der Waals surface area contributed by atoms with Gasteiger partial charge in [-0.2, -0.15) is 0 Å². The first-order valence-corrected chi connectivity index (χ1v) is 6.45. The van der Waals surface area contributed by atoms with Crippen molar-refractivity contribution in [2.45, 2.75) is 32.2 Å². The molecule has 0 saturated carbocycles. The molecule has 0 bridgehead atoms. The largest absolute Gasteiger partial charge is 0.481 e. The van der Waals surface area contributed by atoms with Crippen molar-refractivity contribution in [3.8, 4) is 0 Å². The molecular formula is C11H14ClNO3S. The van der Waals surface area contributed by atoms with Crippen molar-refractivity contribution in [1.29, 1.82) is 0 Å². The summed E-state index contributed by atoms with van der Waals surface area (Å²) in [4.78, 5) is 22.8. The number of rotatable bonds is 6. The molecule has 1 heterocycles. The number of hydrogen-bond acceptors (Lipinski definition) is 3. The molecule has 1 rings (SSSR count). The number of hydrogen-bond donors (Lipinski definition) is 2. The average Bonchev–Trinajstić information content (AvgIpc) is 2.64. The van der Waals surface area contributed by atoms with Gasteiger partial charge in [0.2, 0.25) is 5.91 Å². The molecular weight excluding hydrogens is 262 g/mol.